The summed E-state index contributed by atoms with van der Waals surface area (Å²) in [4.78, 5) is 4.18. The molecule has 0 aliphatic carbocycles. The lowest BCUT2D eigenvalue weighted by Crippen LogP contribution is -2.17. The Morgan fingerprint density at radius 1 is 1.22 bits per heavy atom. The number of nitrogens with zero attached hydrogens (tertiary/aromatic N) is 3. The van der Waals surface area contributed by atoms with Crippen molar-refractivity contribution in [3.05, 3.63) is 29.0 Å². The van der Waals surface area contributed by atoms with E-state index in [1.807, 2.05) is 19.3 Å². The van der Waals surface area contributed by atoms with Gasteiger partial charge in [-0.15, -0.1) is 10.2 Å². The molecule has 96 valence electrons. The summed E-state index contributed by atoms with van der Waals surface area (Å²) in [6.07, 6.45) is 5.79. The van der Waals surface area contributed by atoms with Gasteiger partial charge in [-0.3, -0.25) is 4.98 Å². The van der Waals surface area contributed by atoms with E-state index in [-0.39, 0.29) is 0 Å². The van der Waals surface area contributed by atoms with Crippen molar-refractivity contribution in [3.8, 4) is 10.6 Å². The van der Waals surface area contributed by atoms with Crippen LogP contribution in [0, 0.1) is 6.92 Å². The molecule has 0 saturated carbocycles. The van der Waals surface area contributed by atoms with E-state index >= 15 is 0 Å². The normalized spacial score (nSPS) is 10.8. The minimum atomic E-state index is 0.941. The van der Waals surface area contributed by atoms with Crippen LogP contribution in [0.15, 0.2) is 18.5 Å². The second-order valence-electron chi connectivity index (χ2n) is 4.25. The predicted octanol–water partition coefficient (Wildman–Crippen LogP) is 2.45. The maximum atomic E-state index is 4.23. The molecule has 2 heterocycles. The molecule has 18 heavy (non-hydrogen) atoms. The standard InChI is InChI=1S/C13H18N4S/c1-3-5-14-6-4-12-16-17-13(18-12)11-7-10(2)8-15-9-11/h7-9,14H,3-6H2,1-2H3. The molecule has 0 spiro atoms. The van der Waals surface area contributed by atoms with E-state index in [1.165, 1.54) is 0 Å². The highest BCUT2D eigenvalue weighted by atomic mass is 32.1. The third-order valence-electron chi connectivity index (χ3n) is 2.53. The number of pyridine rings is 1. The van der Waals surface area contributed by atoms with Crippen molar-refractivity contribution in [1.82, 2.24) is 20.5 Å². The lowest BCUT2D eigenvalue weighted by atomic mass is 10.2. The topological polar surface area (TPSA) is 50.7 Å². The summed E-state index contributed by atoms with van der Waals surface area (Å²) >= 11 is 1.65. The number of aromatic nitrogens is 3. The number of aryl methyl sites for hydroxylation is 1. The molecule has 4 nitrogen and oxygen atoms in total. The fourth-order valence-electron chi connectivity index (χ4n) is 1.64. The molecule has 0 saturated heterocycles. The van der Waals surface area contributed by atoms with Gasteiger partial charge in [-0.2, -0.15) is 0 Å². The molecular weight excluding hydrogens is 244 g/mol. The zero-order chi connectivity index (χ0) is 12.8. The molecule has 0 fully saturated rings. The monoisotopic (exact) mass is 262 g/mol. The van der Waals surface area contributed by atoms with Crippen LogP contribution < -0.4 is 5.32 Å². The van der Waals surface area contributed by atoms with Gasteiger partial charge in [-0.1, -0.05) is 18.3 Å². The van der Waals surface area contributed by atoms with Crippen LogP contribution >= 0.6 is 11.3 Å². The summed E-state index contributed by atoms with van der Waals surface area (Å²) in [6, 6.07) is 2.09. The number of hydrogen-bond donors (Lipinski definition) is 1. The number of nitrogens with one attached hydrogen (secondary N) is 1. The molecule has 2 rings (SSSR count). The Kier molecular flexibility index (Phi) is 4.78. The second kappa shape index (κ2) is 6.56. The Morgan fingerprint density at radius 3 is 2.89 bits per heavy atom. The van der Waals surface area contributed by atoms with Gasteiger partial charge in [0.15, 0.2) is 0 Å². The van der Waals surface area contributed by atoms with Gasteiger partial charge in [-0.05, 0) is 31.5 Å². The van der Waals surface area contributed by atoms with Gasteiger partial charge in [0.05, 0.1) is 0 Å². The van der Waals surface area contributed by atoms with E-state index in [9.17, 15) is 0 Å². The lowest BCUT2D eigenvalue weighted by Gasteiger charge is -1.98. The van der Waals surface area contributed by atoms with Crippen LogP contribution in [0.2, 0.25) is 0 Å². The molecule has 0 unspecified atom stereocenters. The first-order chi connectivity index (χ1) is 8.79. The Labute approximate surface area is 111 Å². The van der Waals surface area contributed by atoms with E-state index in [2.05, 4.69) is 33.5 Å². The molecule has 0 radical (unpaired) electrons. The van der Waals surface area contributed by atoms with Crippen LogP contribution in [0.4, 0.5) is 0 Å². The zero-order valence-corrected chi connectivity index (χ0v) is 11.6. The third kappa shape index (κ3) is 3.58. The summed E-state index contributed by atoms with van der Waals surface area (Å²) in [6.45, 7) is 6.23. The molecule has 0 amide bonds. The van der Waals surface area contributed by atoms with Gasteiger partial charge in [0.25, 0.3) is 0 Å². The summed E-state index contributed by atoms with van der Waals surface area (Å²) in [5, 5.41) is 13.9. The first kappa shape index (κ1) is 13.1. The highest BCUT2D eigenvalue weighted by Crippen LogP contribution is 2.23. The van der Waals surface area contributed by atoms with Crippen molar-refractivity contribution in [3.63, 3.8) is 0 Å². The van der Waals surface area contributed by atoms with Crippen LogP contribution in [-0.2, 0) is 6.42 Å². The van der Waals surface area contributed by atoms with Crippen molar-refractivity contribution >= 4 is 11.3 Å². The fourth-order valence-corrected chi connectivity index (χ4v) is 2.46. The molecule has 1 N–H and O–H groups in total. The molecule has 0 aliphatic rings. The Balaban J connectivity index is 1.97. The SMILES string of the molecule is CCCNCCc1nnc(-c2cncc(C)c2)s1. The van der Waals surface area contributed by atoms with E-state index in [0.29, 0.717) is 0 Å². The average Bonchev–Trinajstić information content (AvgIpc) is 2.83. The highest BCUT2D eigenvalue weighted by molar-refractivity contribution is 7.14. The molecule has 2 aromatic heterocycles. The van der Waals surface area contributed by atoms with E-state index in [0.717, 1.165) is 47.1 Å². The van der Waals surface area contributed by atoms with E-state index < -0.39 is 0 Å². The smallest absolute Gasteiger partial charge is 0.149 e. The Morgan fingerprint density at radius 2 is 2.11 bits per heavy atom. The van der Waals surface area contributed by atoms with Gasteiger partial charge in [0.2, 0.25) is 0 Å². The first-order valence-corrected chi connectivity index (χ1v) is 7.06. The molecule has 2 aromatic rings. The van der Waals surface area contributed by atoms with Crippen molar-refractivity contribution in [2.24, 2.45) is 0 Å². The molecule has 5 heteroatoms. The molecule has 0 atom stereocenters. The largest absolute Gasteiger partial charge is 0.316 e. The lowest BCUT2D eigenvalue weighted by molar-refractivity contribution is 0.668. The van der Waals surface area contributed by atoms with Crippen LogP contribution in [0.1, 0.15) is 23.9 Å². The predicted molar refractivity (Wildman–Crippen MR) is 74.7 cm³/mol. The van der Waals surface area contributed by atoms with Crippen LogP contribution in [0.5, 0.6) is 0 Å². The fraction of sp³-hybridized carbons (Fsp3) is 0.462. The first-order valence-electron chi connectivity index (χ1n) is 6.24. The van der Waals surface area contributed by atoms with Crippen molar-refractivity contribution in [2.45, 2.75) is 26.7 Å². The van der Waals surface area contributed by atoms with Gasteiger partial charge in [-0.25, -0.2) is 0 Å². The minimum absolute atomic E-state index is 0.941. The van der Waals surface area contributed by atoms with Crippen molar-refractivity contribution in [1.29, 1.82) is 0 Å². The second-order valence-corrected chi connectivity index (χ2v) is 5.31. The van der Waals surface area contributed by atoms with E-state index in [4.69, 9.17) is 0 Å². The van der Waals surface area contributed by atoms with Gasteiger partial charge in [0.1, 0.15) is 10.0 Å². The summed E-state index contributed by atoms with van der Waals surface area (Å²) in [7, 11) is 0. The van der Waals surface area contributed by atoms with Gasteiger partial charge >= 0.3 is 0 Å². The van der Waals surface area contributed by atoms with Crippen LogP contribution in [0.3, 0.4) is 0 Å². The molecule has 0 bridgehead atoms. The molecule has 0 aromatic carbocycles. The summed E-state index contributed by atoms with van der Waals surface area (Å²) in [5.41, 5.74) is 2.20. The average molecular weight is 262 g/mol. The highest BCUT2D eigenvalue weighted by Gasteiger charge is 2.06. The number of hydrogen-bond acceptors (Lipinski definition) is 5. The minimum Gasteiger partial charge on any atom is -0.316 e. The Hall–Kier alpha value is -1.33. The summed E-state index contributed by atoms with van der Waals surface area (Å²) in [5.74, 6) is 0. The zero-order valence-electron chi connectivity index (χ0n) is 10.8. The quantitative estimate of drug-likeness (QED) is 0.812. The van der Waals surface area contributed by atoms with Gasteiger partial charge < -0.3 is 5.32 Å². The maximum Gasteiger partial charge on any atom is 0.149 e. The van der Waals surface area contributed by atoms with Crippen LogP contribution in [0.25, 0.3) is 10.6 Å². The van der Waals surface area contributed by atoms with Crippen molar-refractivity contribution < 1.29 is 0 Å². The third-order valence-corrected chi connectivity index (χ3v) is 3.56. The van der Waals surface area contributed by atoms with E-state index in [1.54, 1.807) is 11.3 Å². The van der Waals surface area contributed by atoms with Crippen molar-refractivity contribution in [2.75, 3.05) is 13.1 Å². The molecular formula is C13H18N4S. The van der Waals surface area contributed by atoms with Gasteiger partial charge in [0, 0.05) is 30.9 Å². The number of rotatable bonds is 6. The molecule has 0 aliphatic heterocycles. The summed E-state index contributed by atoms with van der Waals surface area (Å²) < 4.78 is 0. The maximum absolute atomic E-state index is 4.23. The Bertz CT molecular complexity index is 495. The van der Waals surface area contributed by atoms with Crippen LogP contribution in [-0.4, -0.2) is 28.3 Å².